The molecule has 0 N–H and O–H groups in total. The third-order valence-corrected chi connectivity index (χ3v) is 6.30. The Labute approximate surface area is 145 Å². The van der Waals surface area contributed by atoms with Crippen molar-refractivity contribution in [3.8, 4) is 0 Å². The molecular weight excluding hydrogens is 280 g/mol. The number of ether oxygens (including phenoxy) is 1. The summed E-state index contributed by atoms with van der Waals surface area (Å²) in [6.07, 6.45) is 21.7. The second-order valence-corrected chi connectivity index (χ2v) is 8.09. The van der Waals surface area contributed by atoms with Crippen molar-refractivity contribution in [2.75, 3.05) is 13.2 Å². The van der Waals surface area contributed by atoms with Crippen molar-refractivity contribution in [3.63, 3.8) is 0 Å². The molecule has 0 heterocycles. The van der Waals surface area contributed by atoms with Crippen molar-refractivity contribution in [1.29, 1.82) is 0 Å². The molecular formula is C22H40O. The maximum atomic E-state index is 5.77. The van der Waals surface area contributed by atoms with Gasteiger partial charge in [-0.2, -0.15) is 0 Å². The monoisotopic (exact) mass is 320 g/mol. The van der Waals surface area contributed by atoms with Crippen molar-refractivity contribution >= 4 is 0 Å². The van der Waals surface area contributed by atoms with Gasteiger partial charge in [0.05, 0.1) is 0 Å². The van der Waals surface area contributed by atoms with Gasteiger partial charge in [-0.3, -0.25) is 0 Å². The van der Waals surface area contributed by atoms with Crippen LogP contribution in [0.1, 0.15) is 90.9 Å². The number of hydrogen-bond donors (Lipinski definition) is 0. The summed E-state index contributed by atoms with van der Waals surface area (Å²) in [7, 11) is 0. The minimum absolute atomic E-state index is 0.861. The molecule has 2 rings (SSSR count). The van der Waals surface area contributed by atoms with E-state index in [9.17, 15) is 0 Å². The van der Waals surface area contributed by atoms with E-state index < -0.39 is 0 Å². The van der Waals surface area contributed by atoms with Crippen LogP contribution in [0.15, 0.2) is 12.2 Å². The maximum absolute atomic E-state index is 5.77. The largest absolute Gasteiger partial charge is 0.381 e. The highest BCUT2D eigenvalue weighted by atomic mass is 16.5. The zero-order valence-corrected chi connectivity index (χ0v) is 15.8. The lowest BCUT2D eigenvalue weighted by Crippen LogP contribution is -2.27. The molecule has 1 heteroatoms. The van der Waals surface area contributed by atoms with Crippen LogP contribution in [0.5, 0.6) is 0 Å². The molecule has 0 atom stereocenters. The number of rotatable bonds is 9. The Hall–Kier alpha value is -0.300. The SMILES string of the molecule is CC/C=C/CCC1CCC(C2CCC(COCCC)CC2)CC1. The predicted molar refractivity (Wildman–Crippen MR) is 101 cm³/mol. The predicted octanol–water partition coefficient (Wildman–Crippen LogP) is 6.77. The van der Waals surface area contributed by atoms with E-state index in [4.69, 9.17) is 4.74 Å². The molecule has 0 bridgehead atoms. The lowest BCUT2D eigenvalue weighted by atomic mass is 9.69. The van der Waals surface area contributed by atoms with Gasteiger partial charge in [0, 0.05) is 13.2 Å². The van der Waals surface area contributed by atoms with Crippen molar-refractivity contribution in [3.05, 3.63) is 12.2 Å². The molecule has 2 saturated carbocycles. The van der Waals surface area contributed by atoms with E-state index in [0.29, 0.717) is 0 Å². The maximum Gasteiger partial charge on any atom is 0.0494 e. The van der Waals surface area contributed by atoms with E-state index in [1.54, 1.807) is 0 Å². The fraction of sp³-hybridized carbons (Fsp3) is 0.909. The molecule has 1 nitrogen and oxygen atoms in total. The van der Waals surface area contributed by atoms with Crippen molar-refractivity contribution in [2.24, 2.45) is 23.7 Å². The van der Waals surface area contributed by atoms with Crippen molar-refractivity contribution < 1.29 is 4.74 Å². The van der Waals surface area contributed by atoms with Crippen LogP contribution >= 0.6 is 0 Å². The van der Waals surface area contributed by atoms with Crippen molar-refractivity contribution in [1.82, 2.24) is 0 Å². The van der Waals surface area contributed by atoms with Crippen LogP contribution in [0.2, 0.25) is 0 Å². The van der Waals surface area contributed by atoms with Crippen molar-refractivity contribution in [2.45, 2.75) is 90.9 Å². The fourth-order valence-corrected chi connectivity index (χ4v) is 4.79. The topological polar surface area (TPSA) is 9.23 Å². The first kappa shape index (κ1) is 19.0. The van der Waals surface area contributed by atoms with Crippen LogP contribution in [0, 0.1) is 23.7 Å². The first-order valence-corrected chi connectivity index (χ1v) is 10.6. The molecule has 0 aromatic carbocycles. The standard InChI is InChI=1S/C22H40O/c1-3-5-6-7-8-19-9-13-21(14-10-19)22-15-11-20(12-16-22)18-23-17-4-2/h5-6,19-22H,3-4,7-18H2,1-2H3/b6-5+. The van der Waals surface area contributed by atoms with Gasteiger partial charge in [0.15, 0.2) is 0 Å². The molecule has 2 fully saturated rings. The van der Waals surface area contributed by atoms with Gasteiger partial charge in [-0.1, -0.05) is 38.8 Å². The molecule has 0 spiro atoms. The van der Waals surface area contributed by atoms with E-state index in [1.165, 1.54) is 70.6 Å². The Morgan fingerprint density at radius 3 is 1.96 bits per heavy atom. The normalized spacial score (nSPS) is 32.4. The van der Waals surface area contributed by atoms with E-state index in [-0.39, 0.29) is 0 Å². The average Bonchev–Trinajstić information content (AvgIpc) is 2.60. The van der Waals surface area contributed by atoms with Crippen LogP contribution in [0.3, 0.4) is 0 Å². The number of hydrogen-bond acceptors (Lipinski definition) is 1. The quantitative estimate of drug-likeness (QED) is 0.336. The lowest BCUT2D eigenvalue weighted by Gasteiger charge is -2.37. The van der Waals surface area contributed by atoms with Gasteiger partial charge in [-0.05, 0) is 87.9 Å². The summed E-state index contributed by atoms with van der Waals surface area (Å²) in [5, 5.41) is 0. The second kappa shape index (κ2) is 11.3. The smallest absolute Gasteiger partial charge is 0.0494 e. The molecule has 0 aromatic rings. The van der Waals surface area contributed by atoms with E-state index in [0.717, 1.165) is 43.3 Å². The van der Waals surface area contributed by atoms with Crippen LogP contribution in [-0.2, 0) is 4.74 Å². The molecule has 2 aliphatic carbocycles. The minimum Gasteiger partial charge on any atom is -0.381 e. The summed E-state index contributed by atoms with van der Waals surface area (Å²) in [6, 6.07) is 0. The van der Waals surface area contributed by atoms with Crippen LogP contribution in [0.25, 0.3) is 0 Å². The van der Waals surface area contributed by atoms with Crippen LogP contribution < -0.4 is 0 Å². The molecule has 0 aromatic heterocycles. The lowest BCUT2D eigenvalue weighted by molar-refractivity contribution is 0.0649. The van der Waals surface area contributed by atoms with Gasteiger partial charge in [-0.15, -0.1) is 0 Å². The summed E-state index contributed by atoms with van der Waals surface area (Å²) >= 11 is 0. The minimum atomic E-state index is 0.861. The zero-order chi connectivity index (χ0) is 16.3. The molecule has 0 radical (unpaired) electrons. The third-order valence-electron chi connectivity index (χ3n) is 6.30. The van der Waals surface area contributed by atoms with E-state index in [1.807, 2.05) is 0 Å². The number of allylic oxidation sites excluding steroid dienone is 2. The Bertz CT molecular complexity index is 306. The summed E-state index contributed by atoms with van der Waals surface area (Å²) in [5.74, 6) is 3.97. The van der Waals surface area contributed by atoms with Gasteiger partial charge >= 0.3 is 0 Å². The van der Waals surface area contributed by atoms with Crippen LogP contribution in [0.4, 0.5) is 0 Å². The zero-order valence-electron chi connectivity index (χ0n) is 15.8. The van der Waals surface area contributed by atoms with E-state index >= 15 is 0 Å². The Kier molecular flexibility index (Phi) is 9.34. The highest BCUT2D eigenvalue weighted by Crippen LogP contribution is 2.42. The van der Waals surface area contributed by atoms with Gasteiger partial charge in [-0.25, -0.2) is 0 Å². The first-order chi connectivity index (χ1) is 11.3. The summed E-state index contributed by atoms with van der Waals surface area (Å²) in [4.78, 5) is 0. The Balaban J connectivity index is 1.58. The van der Waals surface area contributed by atoms with Crippen LogP contribution in [-0.4, -0.2) is 13.2 Å². The molecule has 0 aliphatic heterocycles. The third kappa shape index (κ3) is 6.99. The Morgan fingerprint density at radius 1 is 0.783 bits per heavy atom. The van der Waals surface area contributed by atoms with Gasteiger partial charge in [0.2, 0.25) is 0 Å². The molecule has 23 heavy (non-hydrogen) atoms. The van der Waals surface area contributed by atoms with E-state index in [2.05, 4.69) is 26.0 Å². The summed E-state index contributed by atoms with van der Waals surface area (Å²) in [5.41, 5.74) is 0. The average molecular weight is 321 g/mol. The highest BCUT2D eigenvalue weighted by Gasteiger charge is 2.30. The molecule has 0 amide bonds. The molecule has 2 aliphatic rings. The Morgan fingerprint density at radius 2 is 1.39 bits per heavy atom. The summed E-state index contributed by atoms with van der Waals surface area (Å²) in [6.45, 7) is 6.41. The second-order valence-electron chi connectivity index (χ2n) is 8.09. The fourth-order valence-electron chi connectivity index (χ4n) is 4.79. The van der Waals surface area contributed by atoms with Gasteiger partial charge in [0.25, 0.3) is 0 Å². The first-order valence-electron chi connectivity index (χ1n) is 10.6. The summed E-state index contributed by atoms with van der Waals surface area (Å²) < 4.78 is 5.77. The van der Waals surface area contributed by atoms with Gasteiger partial charge < -0.3 is 4.74 Å². The molecule has 134 valence electrons. The highest BCUT2D eigenvalue weighted by molar-refractivity contribution is 4.84. The van der Waals surface area contributed by atoms with Gasteiger partial charge in [0.1, 0.15) is 0 Å². The molecule has 0 saturated heterocycles. The molecule has 0 unspecified atom stereocenters.